The number of para-hydroxylation sites is 1. The van der Waals surface area contributed by atoms with Crippen LogP contribution in [-0.2, 0) is 4.79 Å². The number of aryl methyl sites for hydroxylation is 1. The van der Waals surface area contributed by atoms with Gasteiger partial charge in [0.2, 0.25) is 11.1 Å². The quantitative estimate of drug-likeness (QED) is 0.273. The Bertz CT molecular complexity index is 1320. The molecule has 4 aromatic rings. The van der Waals surface area contributed by atoms with Crippen molar-refractivity contribution in [3.05, 3.63) is 89.7 Å². The van der Waals surface area contributed by atoms with Crippen molar-refractivity contribution < 1.29 is 14.0 Å². The highest BCUT2D eigenvalue weighted by atomic mass is 32.2. The van der Waals surface area contributed by atoms with Crippen LogP contribution in [0.25, 0.3) is 11.4 Å². The normalized spacial score (nSPS) is 10.6. The number of hydrogen-bond donors (Lipinski definition) is 3. The van der Waals surface area contributed by atoms with Gasteiger partial charge < -0.3 is 16.5 Å². The zero-order chi connectivity index (χ0) is 24.1. The number of nitrogen functional groups attached to an aromatic ring is 1. The minimum atomic E-state index is -0.431. The first kappa shape index (κ1) is 23.0. The van der Waals surface area contributed by atoms with Gasteiger partial charge in [-0.1, -0.05) is 53.7 Å². The highest BCUT2D eigenvalue weighted by molar-refractivity contribution is 7.99. The molecule has 1 aromatic heterocycles. The highest BCUT2D eigenvalue weighted by Gasteiger charge is 2.16. The number of hydrogen-bond acceptors (Lipinski definition) is 6. The van der Waals surface area contributed by atoms with Crippen LogP contribution in [-0.4, -0.2) is 32.4 Å². The first-order chi connectivity index (χ1) is 16.4. The number of carbonyl (C=O) groups excluding carboxylic acids is 2. The van der Waals surface area contributed by atoms with Crippen molar-refractivity contribution >= 4 is 35.0 Å². The Morgan fingerprint density at radius 1 is 0.971 bits per heavy atom. The largest absolute Gasteiger partial charge is 0.335 e. The Morgan fingerprint density at radius 3 is 2.41 bits per heavy atom. The molecule has 172 valence electrons. The van der Waals surface area contributed by atoms with Gasteiger partial charge in [-0.05, 0) is 43.3 Å². The number of aromatic nitrogens is 3. The molecule has 4 rings (SSSR count). The molecule has 0 radical (unpaired) electrons. The Morgan fingerprint density at radius 2 is 1.68 bits per heavy atom. The monoisotopic (exact) mass is 476 g/mol. The molecular weight excluding hydrogens is 455 g/mol. The summed E-state index contributed by atoms with van der Waals surface area (Å²) in [5.74, 6) is 5.45. The molecule has 0 saturated carbocycles. The smallest absolute Gasteiger partial charge is 0.257 e. The number of nitrogens with zero attached hydrogens (tertiary/aromatic N) is 3. The maximum atomic E-state index is 13.1. The van der Waals surface area contributed by atoms with Crippen LogP contribution in [0.2, 0.25) is 0 Å². The van der Waals surface area contributed by atoms with E-state index in [2.05, 4.69) is 20.8 Å². The fourth-order valence-corrected chi connectivity index (χ4v) is 3.77. The zero-order valence-electron chi connectivity index (χ0n) is 18.2. The highest BCUT2D eigenvalue weighted by Crippen LogP contribution is 2.23. The van der Waals surface area contributed by atoms with Crippen molar-refractivity contribution in [3.8, 4) is 11.4 Å². The summed E-state index contributed by atoms with van der Waals surface area (Å²) < 4.78 is 14.4. The predicted octanol–water partition coefficient (Wildman–Crippen LogP) is 4.09. The number of halogens is 1. The standard InChI is InChI=1S/C24H21FN6O2S/c1-15-6-8-16(9-7-15)22-29-30-24(31(22)26)34-14-21(32)28-20-5-3-2-4-19(20)23(33)27-18-12-10-17(25)11-13-18/h2-13H,14,26H2,1H3,(H,27,33)(H,28,32). The van der Waals surface area contributed by atoms with Crippen LogP contribution < -0.4 is 16.5 Å². The Balaban J connectivity index is 1.40. The molecule has 4 N–H and O–H groups in total. The molecule has 0 bridgehead atoms. The van der Waals surface area contributed by atoms with Gasteiger partial charge in [-0.2, -0.15) is 0 Å². The number of nitrogens with two attached hydrogens (primary N) is 1. The summed E-state index contributed by atoms with van der Waals surface area (Å²) in [6.45, 7) is 1.99. The molecule has 1 heterocycles. The molecule has 3 aromatic carbocycles. The van der Waals surface area contributed by atoms with Crippen molar-refractivity contribution in [2.45, 2.75) is 12.1 Å². The van der Waals surface area contributed by atoms with Gasteiger partial charge in [0.25, 0.3) is 5.91 Å². The van der Waals surface area contributed by atoms with E-state index in [4.69, 9.17) is 5.84 Å². The lowest BCUT2D eigenvalue weighted by Gasteiger charge is -2.11. The fourth-order valence-electron chi connectivity index (χ4n) is 3.11. The van der Waals surface area contributed by atoms with Gasteiger partial charge in [-0.15, -0.1) is 10.2 Å². The lowest BCUT2D eigenvalue weighted by Crippen LogP contribution is -2.20. The molecule has 0 unspecified atom stereocenters. The summed E-state index contributed by atoms with van der Waals surface area (Å²) in [6, 6.07) is 19.7. The van der Waals surface area contributed by atoms with Crippen LogP contribution in [0.1, 0.15) is 15.9 Å². The summed E-state index contributed by atoms with van der Waals surface area (Å²) >= 11 is 1.13. The summed E-state index contributed by atoms with van der Waals surface area (Å²) in [4.78, 5) is 25.3. The van der Waals surface area contributed by atoms with Gasteiger partial charge in [0, 0.05) is 11.3 Å². The van der Waals surface area contributed by atoms with Crippen LogP contribution in [0, 0.1) is 12.7 Å². The fraction of sp³-hybridized carbons (Fsp3) is 0.0833. The first-order valence-corrected chi connectivity index (χ1v) is 11.3. The van der Waals surface area contributed by atoms with Crippen LogP contribution in [0.5, 0.6) is 0 Å². The molecule has 8 nitrogen and oxygen atoms in total. The summed E-state index contributed by atoms with van der Waals surface area (Å²) in [5, 5.41) is 14.0. The molecule has 2 amide bonds. The minimum absolute atomic E-state index is 0.0111. The van der Waals surface area contributed by atoms with Crippen LogP contribution in [0.3, 0.4) is 0 Å². The molecular formula is C24H21FN6O2S. The third-order valence-electron chi connectivity index (χ3n) is 4.85. The maximum Gasteiger partial charge on any atom is 0.257 e. The van der Waals surface area contributed by atoms with Crippen LogP contribution >= 0.6 is 11.8 Å². The molecule has 34 heavy (non-hydrogen) atoms. The van der Waals surface area contributed by atoms with Crippen molar-refractivity contribution in [2.24, 2.45) is 0 Å². The van der Waals surface area contributed by atoms with E-state index >= 15 is 0 Å². The predicted molar refractivity (Wildman–Crippen MR) is 130 cm³/mol. The molecule has 10 heteroatoms. The number of rotatable bonds is 7. The lowest BCUT2D eigenvalue weighted by molar-refractivity contribution is -0.113. The van der Waals surface area contributed by atoms with E-state index in [1.54, 1.807) is 24.3 Å². The number of nitrogens with one attached hydrogen (secondary N) is 2. The first-order valence-electron chi connectivity index (χ1n) is 10.3. The number of benzene rings is 3. The second-order valence-electron chi connectivity index (χ2n) is 7.39. The van der Waals surface area contributed by atoms with Gasteiger partial charge in [0.15, 0.2) is 5.82 Å². The van der Waals surface area contributed by atoms with Crippen molar-refractivity contribution in [1.82, 2.24) is 14.9 Å². The Labute approximate surface area is 199 Å². The Kier molecular flexibility index (Phi) is 6.88. The van der Waals surface area contributed by atoms with E-state index in [0.29, 0.717) is 22.4 Å². The average Bonchev–Trinajstić information content (AvgIpc) is 3.20. The van der Waals surface area contributed by atoms with E-state index in [1.165, 1.54) is 28.9 Å². The minimum Gasteiger partial charge on any atom is -0.335 e. The van der Waals surface area contributed by atoms with E-state index in [0.717, 1.165) is 22.9 Å². The van der Waals surface area contributed by atoms with E-state index < -0.39 is 11.7 Å². The third-order valence-corrected chi connectivity index (χ3v) is 5.80. The molecule has 0 atom stereocenters. The van der Waals surface area contributed by atoms with Crippen molar-refractivity contribution in [2.75, 3.05) is 22.2 Å². The topological polar surface area (TPSA) is 115 Å². The summed E-state index contributed by atoms with van der Waals surface area (Å²) in [5.41, 5.74) is 2.99. The van der Waals surface area contributed by atoms with E-state index in [1.807, 2.05) is 31.2 Å². The number of anilines is 2. The van der Waals surface area contributed by atoms with Crippen molar-refractivity contribution in [1.29, 1.82) is 0 Å². The molecule has 0 aliphatic heterocycles. The second kappa shape index (κ2) is 10.2. The molecule has 0 spiro atoms. The molecule has 0 aliphatic rings. The number of amides is 2. The summed E-state index contributed by atoms with van der Waals surface area (Å²) in [6.07, 6.45) is 0. The second-order valence-corrected chi connectivity index (χ2v) is 8.33. The molecule has 0 fully saturated rings. The van der Waals surface area contributed by atoms with Crippen LogP contribution in [0.15, 0.2) is 78.0 Å². The van der Waals surface area contributed by atoms with Crippen LogP contribution in [0.4, 0.5) is 15.8 Å². The summed E-state index contributed by atoms with van der Waals surface area (Å²) in [7, 11) is 0. The van der Waals surface area contributed by atoms with E-state index in [-0.39, 0.29) is 17.2 Å². The zero-order valence-corrected chi connectivity index (χ0v) is 19.0. The molecule has 0 saturated heterocycles. The average molecular weight is 477 g/mol. The third kappa shape index (κ3) is 5.41. The van der Waals surface area contributed by atoms with Gasteiger partial charge in [-0.3, -0.25) is 9.59 Å². The van der Waals surface area contributed by atoms with E-state index in [9.17, 15) is 14.0 Å². The number of thioether (sulfide) groups is 1. The van der Waals surface area contributed by atoms with Gasteiger partial charge in [-0.25, -0.2) is 9.07 Å². The number of carbonyl (C=O) groups is 2. The van der Waals surface area contributed by atoms with Crippen molar-refractivity contribution in [3.63, 3.8) is 0 Å². The van der Waals surface area contributed by atoms with Gasteiger partial charge in [0.1, 0.15) is 5.82 Å². The van der Waals surface area contributed by atoms with Gasteiger partial charge in [0.05, 0.1) is 17.0 Å². The Hall–Kier alpha value is -4.18. The SMILES string of the molecule is Cc1ccc(-c2nnc(SCC(=O)Nc3ccccc3C(=O)Nc3ccc(F)cc3)n2N)cc1. The molecule has 0 aliphatic carbocycles. The lowest BCUT2D eigenvalue weighted by atomic mass is 10.1. The maximum absolute atomic E-state index is 13.1. The van der Waals surface area contributed by atoms with Gasteiger partial charge >= 0.3 is 0 Å².